The first-order valence-electron chi connectivity index (χ1n) is 9.68. The lowest BCUT2D eigenvalue weighted by Gasteiger charge is -2.21. The molecule has 0 unspecified atom stereocenters. The highest BCUT2D eigenvalue weighted by atomic mass is 32.1. The number of rotatable bonds is 6. The minimum Gasteiger partial charge on any atom is -0.332 e. The van der Waals surface area contributed by atoms with Gasteiger partial charge in [-0.05, 0) is 61.1 Å². The van der Waals surface area contributed by atoms with E-state index in [9.17, 15) is 9.59 Å². The Balaban J connectivity index is 1.58. The zero-order valence-corrected chi connectivity index (χ0v) is 17.5. The van der Waals surface area contributed by atoms with Gasteiger partial charge in [-0.3, -0.25) is 9.59 Å². The first kappa shape index (κ1) is 21.2. The standard InChI is InChI=1S/C24H23N3O2S/c1-2-27(21-11-7-4-8-12-21)23(29)19-13-15-20(16-14-19)25-24(30)26-22(28)17-18-9-5-3-6-10-18/h3-16H,2,17H2,1H3,(H2,25,26,28,30). The summed E-state index contributed by atoms with van der Waals surface area (Å²) in [5, 5.41) is 5.86. The van der Waals surface area contributed by atoms with Crippen molar-refractivity contribution < 1.29 is 9.59 Å². The van der Waals surface area contributed by atoms with E-state index >= 15 is 0 Å². The molecule has 0 saturated carbocycles. The first-order valence-corrected chi connectivity index (χ1v) is 10.1. The Labute approximate surface area is 181 Å². The number of nitrogens with one attached hydrogen (secondary N) is 2. The Morgan fingerprint density at radius 3 is 2.07 bits per heavy atom. The molecular formula is C24H23N3O2S. The van der Waals surface area contributed by atoms with Crippen LogP contribution in [-0.4, -0.2) is 23.5 Å². The van der Waals surface area contributed by atoms with Crippen LogP contribution in [0.5, 0.6) is 0 Å². The maximum atomic E-state index is 12.9. The molecule has 0 saturated heterocycles. The molecule has 6 heteroatoms. The van der Waals surface area contributed by atoms with Crippen LogP contribution >= 0.6 is 12.2 Å². The topological polar surface area (TPSA) is 61.4 Å². The lowest BCUT2D eigenvalue weighted by atomic mass is 10.1. The Hall–Kier alpha value is -3.51. The molecule has 0 bridgehead atoms. The molecule has 0 atom stereocenters. The van der Waals surface area contributed by atoms with Crippen molar-refractivity contribution in [2.24, 2.45) is 0 Å². The molecule has 0 spiro atoms. The van der Waals surface area contributed by atoms with Crippen molar-refractivity contribution in [3.63, 3.8) is 0 Å². The Morgan fingerprint density at radius 2 is 1.47 bits per heavy atom. The summed E-state index contributed by atoms with van der Waals surface area (Å²) in [4.78, 5) is 26.7. The molecule has 0 radical (unpaired) electrons. The summed E-state index contributed by atoms with van der Waals surface area (Å²) in [6.07, 6.45) is 0.252. The average Bonchev–Trinajstić information content (AvgIpc) is 2.76. The number of hydrogen-bond acceptors (Lipinski definition) is 3. The Bertz CT molecular complexity index is 1010. The second-order valence-electron chi connectivity index (χ2n) is 6.63. The molecule has 3 rings (SSSR count). The lowest BCUT2D eigenvalue weighted by Crippen LogP contribution is -2.35. The minimum absolute atomic E-state index is 0.0750. The Morgan fingerprint density at radius 1 is 0.867 bits per heavy atom. The molecule has 3 aromatic carbocycles. The highest BCUT2D eigenvalue weighted by molar-refractivity contribution is 7.80. The van der Waals surface area contributed by atoms with E-state index in [0.29, 0.717) is 17.8 Å². The number of benzene rings is 3. The van der Waals surface area contributed by atoms with Crippen LogP contribution in [0.2, 0.25) is 0 Å². The van der Waals surface area contributed by atoms with Crippen molar-refractivity contribution in [1.82, 2.24) is 5.32 Å². The third-order valence-electron chi connectivity index (χ3n) is 4.48. The van der Waals surface area contributed by atoms with Crippen LogP contribution in [-0.2, 0) is 11.2 Å². The second kappa shape index (κ2) is 10.3. The van der Waals surface area contributed by atoms with Gasteiger partial charge < -0.3 is 15.5 Å². The smallest absolute Gasteiger partial charge is 0.258 e. The van der Waals surface area contributed by atoms with Gasteiger partial charge in [-0.25, -0.2) is 0 Å². The molecule has 30 heavy (non-hydrogen) atoms. The minimum atomic E-state index is -0.188. The molecule has 0 aliphatic heterocycles. The highest BCUT2D eigenvalue weighted by Crippen LogP contribution is 2.18. The molecule has 5 nitrogen and oxygen atoms in total. The number of para-hydroxylation sites is 1. The fraction of sp³-hybridized carbons (Fsp3) is 0.125. The number of thiocarbonyl (C=S) groups is 1. The molecule has 0 aliphatic carbocycles. The van der Waals surface area contributed by atoms with E-state index in [1.54, 1.807) is 29.2 Å². The van der Waals surface area contributed by atoms with E-state index in [1.807, 2.05) is 67.6 Å². The van der Waals surface area contributed by atoms with Crippen LogP contribution in [0.4, 0.5) is 11.4 Å². The number of amides is 2. The lowest BCUT2D eigenvalue weighted by molar-refractivity contribution is -0.119. The quantitative estimate of drug-likeness (QED) is 0.583. The van der Waals surface area contributed by atoms with Gasteiger partial charge >= 0.3 is 0 Å². The van der Waals surface area contributed by atoms with Gasteiger partial charge in [-0.1, -0.05) is 48.5 Å². The molecule has 0 aromatic heterocycles. The van der Waals surface area contributed by atoms with Crippen molar-refractivity contribution in [2.45, 2.75) is 13.3 Å². The summed E-state index contributed by atoms with van der Waals surface area (Å²) >= 11 is 5.22. The summed E-state index contributed by atoms with van der Waals surface area (Å²) < 4.78 is 0. The number of anilines is 2. The van der Waals surface area contributed by atoms with Crippen molar-refractivity contribution in [1.29, 1.82) is 0 Å². The second-order valence-corrected chi connectivity index (χ2v) is 7.04. The number of carbonyl (C=O) groups is 2. The van der Waals surface area contributed by atoms with E-state index < -0.39 is 0 Å². The van der Waals surface area contributed by atoms with Crippen LogP contribution in [0.15, 0.2) is 84.9 Å². The van der Waals surface area contributed by atoms with Gasteiger partial charge in [0.2, 0.25) is 5.91 Å². The van der Waals surface area contributed by atoms with Crippen molar-refractivity contribution >= 4 is 40.5 Å². The highest BCUT2D eigenvalue weighted by Gasteiger charge is 2.16. The third kappa shape index (κ3) is 5.75. The molecule has 2 amide bonds. The predicted octanol–water partition coefficient (Wildman–Crippen LogP) is 4.41. The third-order valence-corrected chi connectivity index (χ3v) is 4.68. The van der Waals surface area contributed by atoms with Crippen LogP contribution in [0.3, 0.4) is 0 Å². The van der Waals surface area contributed by atoms with Gasteiger partial charge in [0, 0.05) is 23.5 Å². The maximum absolute atomic E-state index is 12.9. The van der Waals surface area contributed by atoms with Crippen molar-refractivity contribution in [2.75, 3.05) is 16.8 Å². The number of hydrogen-bond donors (Lipinski definition) is 2. The van der Waals surface area contributed by atoms with Gasteiger partial charge in [-0.15, -0.1) is 0 Å². The zero-order valence-electron chi connectivity index (χ0n) is 16.7. The Kier molecular flexibility index (Phi) is 7.29. The predicted molar refractivity (Wildman–Crippen MR) is 125 cm³/mol. The van der Waals surface area contributed by atoms with Gasteiger partial charge in [0.05, 0.1) is 6.42 Å². The average molecular weight is 418 g/mol. The molecule has 0 aliphatic rings. The van der Waals surface area contributed by atoms with Crippen molar-refractivity contribution in [3.8, 4) is 0 Å². The normalized spacial score (nSPS) is 10.2. The van der Waals surface area contributed by atoms with E-state index in [1.165, 1.54) is 0 Å². The molecular weight excluding hydrogens is 394 g/mol. The largest absolute Gasteiger partial charge is 0.332 e. The monoisotopic (exact) mass is 417 g/mol. The van der Waals surface area contributed by atoms with Gasteiger partial charge in [0.1, 0.15) is 0 Å². The summed E-state index contributed by atoms with van der Waals surface area (Å²) in [5.74, 6) is -0.263. The van der Waals surface area contributed by atoms with Crippen LogP contribution in [0.1, 0.15) is 22.8 Å². The van der Waals surface area contributed by atoms with Crippen molar-refractivity contribution in [3.05, 3.63) is 96.1 Å². The van der Waals surface area contributed by atoms with E-state index in [2.05, 4.69) is 10.6 Å². The van der Waals surface area contributed by atoms with Gasteiger partial charge in [-0.2, -0.15) is 0 Å². The zero-order chi connectivity index (χ0) is 21.3. The molecule has 2 N–H and O–H groups in total. The number of carbonyl (C=O) groups excluding carboxylic acids is 2. The van der Waals surface area contributed by atoms with Gasteiger partial charge in [0.15, 0.2) is 5.11 Å². The van der Waals surface area contributed by atoms with Crippen LogP contribution in [0, 0.1) is 0 Å². The van der Waals surface area contributed by atoms with Gasteiger partial charge in [0.25, 0.3) is 5.91 Å². The van der Waals surface area contributed by atoms with E-state index in [0.717, 1.165) is 11.3 Å². The summed E-state index contributed by atoms with van der Waals surface area (Å²) in [6, 6.07) is 26.0. The molecule has 0 heterocycles. The van der Waals surface area contributed by atoms with E-state index in [4.69, 9.17) is 12.2 Å². The SMILES string of the molecule is CCN(C(=O)c1ccc(NC(=S)NC(=O)Cc2ccccc2)cc1)c1ccccc1. The first-order chi connectivity index (χ1) is 14.6. The molecule has 152 valence electrons. The summed E-state index contributed by atoms with van der Waals surface area (Å²) in [6.45, 7) is 2.51. The fourth-order valence-corrected chi connectivity index (χ4v) is 3.25. The molecule has 0 fully saturated rings. The van der Waals surface area contributed by atoms with Crippen LogP contribution in [0.25, 0.3) is 0 Å². The summed E-state index contributed by atoms with van der Waals surface area (Å²) in [5.41, 5.74) is 3.04. The summed E-state index contributed by atoms with van der Waals surface area (Å²) in [7, 11) is 0. The van der Waals surface area contributed by atoms with Crippen LogP contribution < -0.4 is 15.5 Å². The van der Waals surface area contributed by atoms with E-state index in [-0.39, 0.29) is 23.3 Å². The fourth-order valence-electron chi connectivity index (χ4n) is 3.02. The maximum Gasteiger partial charge on any atom is 0.258 e. The number of nitrogens with zero attached hydrogens (tertiary/aromatic N) is 1. The molecule has 3 aromatic rings.